The molecule has 2 heterocycles. The van der Waals surface area contributed by atoms with Crippen molar-refractivity contribution in [2.24, 2.45) is 0 Å². The Hall–Kier alpha value is -0.590. The molecule has 13 heavy (non-hydrogen) atoms. The monoisotopic (exact) mass is 277 g/mol. The molecular weight excluding hydrogens is 274 g/mol. The molecule has 2 aromatic rings. The van der Waals surface area contributed by atoms with Gasteiger partial charge in [-0.15, -0.1) is 11.3 Å². The molecule has 0 bridgehead atoms. The third kappa shape index (κ3) is 1.70. The van der Waals surface area contributed by atoms with Crippen molar-refractivity contribution in [2.75, 3.05) is 0 Å². The number of aromatic nitrogens is 1. The Balaban J connectivity index is 2.58. The molecule has 0 aliphatic heterocycles. The molecule has 2 aromatic heterocycles. The molecule has 0 aliphatic carbocycles. The highest BCUT2D eigenvalue weighted by atomic mass is 79.9. The first-order chi connectivity index (χ1) is 6.16. The van der Waals surface area contributed by atoms with Crippen LogP contribution in [0.25, 0.3) is 10.6 Å². The van der Waals surface area contributed by atoms with Crippen LogP contribution in [0.2, 0.25) is 0 Å². The Bertz CT molecular complexity index is 485. The van der Waals surface area contributed by atoms with Crippen LogP contribution in [0.5, 0.6) is 5.88 Å². The van der Waals surface area contributed by atoms with Crippen LogP contribution in [0.3, 0.4) is 0 Å². The molecule has 0 unspecified atom stereocenters. The van der Waals surface area contributed by atoms with Gasteiger partial charge >= 0.3 is 0 Å². The molecule has 0 aliphatic rings. The zero-order chi connectivity index (χ0) is 9.42. The molecule has 0 spiro atoms. The number of aromatic amines is 1. The predicted molar refractivity (Wildman–Crippen MR) is 56.6 cm³/mol. The fourth-order valence-corrected chi connectivity index (χ4v) is 2.47. The number of H-pyrrole nitrogens is 1. The number of hydrogen-bond acceptors (Lipinski definition) is 4. The van der Waals surface area contributed by atoms with Gasteiger partial charge < -0.3 is 9.52 Å². The minimum Gasteiger partial charge on any atom is -0.492 e. The van der Waals surface area contributed by atoms with Crippen LogP contribution in [-0.4, -0.2) is 10.1 Å². The predicted octanol–water partition coefficient (Wildman–Crippen LogP) is 3.53. The zero-order valence-corrected chi connectivity index (χ0v) is 9.42. The van der Waals surface area contributed by atoms with Gasteiger partial charge in [-0.2, -0.15) is 0 Å². The highest BCUT2D eigenvalue weighted by Gasteiger charge is 2.11. The van der Waals surface area contributed by atoms with E-state index < -0.39 is 0 Å². The van der Waals surface area contributed by atoms with Gasteiger partial charge in [-0.1, -0.05) is 0 Å². The van der Waals surface area contributed by atoms with Crippen molar-refractivity contribution >= 4 is 39.5 Å². The number of oxazole rings is 1. The summed E-state index contributed by atoms with van der Waals surface area (Å²) in [5, 5.41) is 9.37. The van der Waals surface area contributed by atoms with Crippen LogP contribution in [0.1, 0.15) is 0 Å². The molecule has 0 amide bonds. The topological polar surface area (TPSA) is 49.2 Å². The first kappa shape index (κ1) is 8.98. The van der Waals surface area contributed by atoms with Crippen molar-refractivity contribution in [1.82, 2.24) is 4.98 Å². The van der Waals surface area contributed by atoms with Crippen molar-refractivity contribution < 1.29 is 9.52 Å². The number of nitrogens with one attached hydrogen (secondary N) is 1. The average molecular weight is 278 g/mol. The first-order valence-corrected chi connectivity index (χ1v) is 5.36. The molecule has 6 heteroatoms. The van der Waals surface area contributed by atoms with Crippen LogP contribution in [-0.2, 0) is 0 Å². The lowest BCUT2D eigenvalue weighted by molar-refractivity contribution is 0.453. The van der Waals surface area contributed by atoms with Crippen LogP contribution < -0.4 is 0 Å². The second kappa shape index (κ2) is 3.28. The second-order valence-corrected chi connectivity index (χ2v) is 5.13. The number of hydrogen-bond donors (Lipinski definition) is 2. The van der Waals surface area contributed by atoms with E-state index in [1.807, 2.05) is 12.1 Å². The van der Waals surface area contributed by atoms with E-state index in [1.54, 1.807) is 0 Å². The maximum atomic E-state index is 9.37. The summed E-state index contributed by atoms with van der Waals surface area (Å²) in [6, 6.07) is 3.72. The smallest absolute Gasteiger partial charge is 0.269 e. The average Bonchev–Trinajstić information content (AvgIpc) is 2.58. The van der Waals surface area contributed by atoms with Crippen molar-refractivity contribution in [3.63, 3.8) is 0 Å². The summed E-state index contributed by atoms with van der Waals surface area (Å²) in [5.41, 5.74) is 0. The Kier molecular flexibility index (Phi) is 2.27. The number of thiophene rings is 1. The van der Waals surface area contributed by atoms with Gasteiger partial charge in [-0.05, 0) is 40.3 Å². The van der Waals surface area contributed by atoms with Gasteiger partial charge in [0.1, 0.15) is 0 Å². The van der Waals surface area contributed by atoms with Gasteiger partial charge in [0.2, 0.25) is 11.6 Å². The first-order valence-electron chi connectivity index (χ1n) is 3.34. The van der Waals surface area contributed by atoms with Crippen molar-refractivity contribution in [3.8, 4) is 16.5 Å². The summed E-state index contributed by atoms with van der Waals surface area (Å²) in [5.74, 6) is 0.361. The lowest BCUT2D eigenvalue weighted by Gasteiger charge is -1.88. The Morgan fingerprint density at radius 1 is 1.54 bits per heavy atom. The second-order valence-electron chi connectivity index (χ2n) is 2.30. The quantitative estimate of drug-likeness (QED) is 0.784. The molecule has 0 saturated carbocycles. The lowest BCUT2D eigenvalue weighted by Crippen LogP contribution is -1.65. The van der Waals surface area contributed by atoms with E-state index in [0.717, 1.165) is 8.66 Å². The van der Waals surface area contributed by atoms with Crippen molar-refractivity contribution in [3.05, 3.63) is 20.8 Å². The van der Waals surface area contributed by atoms with Crippen LogP contribution in [0.4, 0.5) is 0 Å². The van der Waals surface area contributed by atoms with Gasteiger partial charge in [-0.3, -0.25) is 4.98 Å². The van der Waals surface area contributed by atoms with Gasteiger partial charge in [0.05, 0.1) is 8.66 Å². The summed E-state index contributed by atoms with van der Waals surface area (Å²) in [4.78, 5) is 3.52. The molecule has 2 N–H and O–H groups in total. The fourth-order valence-electron chi connectivity index (χ4n) is 0.923. The van der Waals surface area contributed by atoms with Gasteiger partial charge in [0.15, 0.2) is 0 Å². The number of rotatable bonds is 1. The molecular formula is C7H4BrNO2S2. The third-order valence-corrected chi connectivity index (χ3v) is 3.24. The van der Waals surface area contributed by atoms with Crippen LogP contribution in [0.15, 0.2) is 20.3 Å². The van der Waals surface area contributed by atoms with E-state index in [1.165, 1.54) is 11.3 Å². The molecule has 68 valence electrons. The van der Waals surface area contributed by atoms with Gasteiger partial charge in [-0.25, -0.2) is 0 Å². The molecule has 0 aromatic carbocycles. The molecule has 0 atom stereocenters. The zero-order valence-electron chi connectivity index (χ0n) is 6.20. The molecule has 2 rings (SSSR count). The lowest BCUT2D eigenvalue weighted by atomic mass is 10.4. The Morgan fingerprint density at radius 2 is 2.31 bits per heavy atom. The highest BCUT2D eigenvalue weighted by Crippen LogP contribution is 2.35. The minimum absolute atomic E-state index is 0.0284. The van der Waals surface area contributed by atoms with E-state index >= 15 is 0 Å². The summed E-state index contributed by atoms with van der Waals surface area (Å²) in [6.07, 6.45) is 0. The summed E-state index contributed by atoms with van der Waals surface area (Å²) in [7, 11) is 0. The largest absolute Gasteiger partial charge is 0.492 e. The van der Waals surface area contributed by atoms with Crippen molar-refractivity contribution in [2.45, 2.75) is 0 Å². The van der Waals surface area contributed by atoms with Crippen molar-refractivity contribution in [1.29, 1.82) is 0 Å². The standard InChI is InChI=1S/C7H4BrNO2S2/c8-4-2-1-3(13-4)5-6(10)9-7(12)11-5/h1-2,10H,(H,9,12). The highest BCUT2D eigenvalue weighted by molar-refractivity contribution is 9.11. The van der Waals surface area contributed by atoms with Crippen LogP contribution >= 0.6 is 39.5 Å². The molecule has 0 saturated heterocycles. The van der Waals surface area contributed by atoms with E-state index in [4.69, 9.17) is 16.6 Å². The maximum Gasteiger partial charge on any atom is 0.269 e. The van der Waals surface area contributed by atoms with E-state index in [9.17, 15) is 5.11 Å². The normalized spacial score (nSPS) is 10.5. The summed E-state index contributed by atoms with van der Waals surface area (Å²) >= 11 is 9.52. The third-order valence-electron chi connectivity index (χ3n) is 1.43. The van der Waals surface area contributed by atoms with E-state index in [2.05, 4.69) is 20.9 Å². The minimum atomic E-state index is -0.0284. The molecule has 0 fully saturated rings. The van der Waals surface area contributed by atoms with E-state index in [0.29, 0.717) is 5.76 Å². The van der Waals surface area contributed by atoms with Gasteiger partial charge in [0.25, 0.3) is 4.84 Å². The van der Waals surface area contributed by atoms with Gasteiger partial charge in [0, 0.05) is 0 Å². The van der Waals surface area contributed by atoms with Crippen LogP contribution in [0, 0.1) is 4.84 Å². The molecule has 3 nitrogen and oxygen atoms in total. The molecule has 0 radical (unpaired) electrons. The summed E-state index contributed by atoms with van der Waals surface area (Å²) in [6.45, 7) is 0. The number of halogens is 1. The SMILES string of the molecule is Oc1[nH]c(=S)oc1-c1ccc(Br)s1. The number of aromatic hydroxyl groups is 1. The van der Waals surface area contributed by atoms with E-state index in [-0.39, 0.29) is 10.7 Å². The summed E-state index contributed by atoms with van der Waals surface area (Å²) < 4.78 is 6.09. The fraction of sp³-hybridized carbons (Fsp3) is 0. The Labute approximate surface area is 91.2 Å². The Morgan fingerprint density at radius 3 is 2.77 bits per heavy atom. The maximum absolute atomic E-state index is 9.37.